The third-order valence-electron chi connectivity index (χ3n) is 3.83. The van der Waals surface area contributed by atoms with Crippen molar-refractivity contribution in [2.24, 2.45) is 0 Å². The predicted octanol–water partition coefficient (Wildman–Crippen LogP) is 4.25. The lowest BCUT2D eigenvalue weighted by atomic mass is 10.00. The van der Waals surface area contributed by atoms with Crippen LogP contribution in [0, 0.1) is 19.7 Å². The fourth-order valence-corrected chi connectivity index (χ4v) is 2.53. The maximum atomic E-state index is 12.8. The van der Waals surface area contributed by atoms with Crippen molar-refractivity contribution in [1.82, 2.24) is 5.32 Å². The molecule has 0 aromatic heterocycles. The van der Waals surface area contributed by atoms with Gasteiger partial charge in [0.05, 0.1) is 6.04 Å². The summed E-state index contributed by atoms with van der Waals surface area (Å²) >= 11 is 0. The minimum Gasteiger partial charge on any atom is -0.350 e. The summed E-state index contributed by atoms with van der Waals surface area (Å²) in [7, 11) is 0. The lowest BCUT2D eigenvalue weighted by Crippen LogP contribution is -2.27. The van der Waals surface area contributed by atoms with Crippen LogP contribution in [-0.4, -0.2) is 5.91 Å². The second-order valence-corrected chi connectivity index (χ2v) is 5.78. The van der Waals surface area contributed by atoms with Crippen LogP contribution in [0.5, 0.6) is 0 Å². The number of carbonyl (C=O) groups excluding carboxylic acids is 1. The van der Waals surface area contributed by atoms with E-state index in [1.165, 1.54) is 23.3 Å². The van der Waals surface area contributed by atoms with Crippen molar-refractivity contribution in [3.63, 3.8) is 0 Å². The van der Waals surface area contributed by atoms with Crippen molar-refractivity contribution < 1.29 is 9.18 Å². The minimum absolute atomic E-state index is 0.0118. The van der Waals surface area contributed by atoms with Gasteiger partial charge in [0.25, 0.3) is 0 Å². The van der Waals surface area contributed by atoms with E-state index in [-0.39, 0.29) is 17.8 Å². The molecule has 0 fully saturated rings. The summed E-state index contributed by atoms with van der Waals surface area (Å²) in [6.45, 7) is 6.10. The quantitative estimate of drug-likeness (QED) is 0.878. The molecule has 0 saturated carbocycles. The monoisotopic (exact) mass is 299 g/mol. The number of amides is 1. The van der Waals surface area contributed by atoms with Crippen LogP contribution in [0.1, 0.15) is 41.6 Å². The molecular formula is C19H22FNO. The zero-order chi connectivity index (χ0) is 16.1. The van der Waals surface area contributed by atoms with Crippen LogP contribution < -0.4 is 5.32 Å². The van der Waals surface area contributed by atoms with Crippen molar-refractivity contribution in [2.75, 3.05) is 0 Å². The summed E-state index contributed by atoms with van der Waals surface area (Å²) in [4.78, 5) is 12.1. The highest BCUT2D eigenvalue weighted by molar-refractivity contribution is 5.76. The van der Waals surface area contributed by atoms with E-state index in [9.17, 15) is 9.18 Å². The zero-order valence-electron chi connectivity index (χ0n) is 13.3. The van der Waals surface area contributed by atoms with Crippen LogP contribution in [0.2, 0.25) is 0 Å². The van der Waals surface area contributed by atoms with Gasteiger partial charge >= 0.3 is 0 Å². The first-order chi connectivity index (χ1) is 10.5. The van der Waals surface area contributed by atoms with E-state index >= 15 is 0 Å². The molecule has 3 heteroatoms. The Morgan fingerprint density at radius 2 is 1.82 bits per heavy atom. The first kappa shape index (κ1) is 16.2. The Hall–Kier alpha value is -2.16. The molecule has 0 spiro atoms. The van der Waals surface area contributed by atoms with Crippen molar-refractivity contribution in [3.8, 4) is 0 Å². The summed E-state index contributed by atoms with van der Waals surface area (Å²) in [6.07, 6.45) is 1.02. The predicted molar refractivity (Wildman–Crippen MR) is 87.2 cm³/mol. The number of benzene rings is 2. The third-order valence-corrected chi connectivity index (χ3v) is 3.83. The molecule has 2 nitrogen and oxygen atoms in total. The number of carbonyl (C=O) groups is 1. The highest BCUT2D eigenvalue weighted by Crippen LogP contribution is 2.19. The average molecular weight is 299 g/mol. The fraction of sp³-hybridized carbons (Fsp3) is 0.316. The summed E-state index contributed by atoms with van der Waals surface area (Å²) in [6, 6.07) is 12.5. The second kappa shape index (κ2) is 7.21. The van der Waals surface area contributed by atoms with Crippen LogP contribution in [0.15, 0.2) is 42.5 Å². The first-order valence-electron chi connectivity index (χ1n) is 7.56. The molecule has 0 radical (unpaired) electrons. The Morgan fingerprint density at radius 3 is 2.50 bits per heavy atom. The number of hydrogen-bond donors (Lipinski definition) is 1. The number of hydrogen-bond acceptors (Lipinski definition) is 1. The lowest BCUT2D eigenvalue weighted by molar-refractivity contribution is -0.121. The van der Waals surface area contributed by atoms with Crippen molar-refractivity contribution in [2.45, 2.75) is 39.7 Å². The van der Waals surface area contributed by atoms with Crippen LogP contribution in [0.3, 0.4) is 0 Å². The molecule has 1 N–H and O–H groups in total. The normalized spacial score (nSPS) is 12.0. The molecule has 116 valence electrons. The van der Waals surface area contributed by atoms with Crippen molar-refractivity contribution >= 4 is 5.91 Å². The molecule has 1 atom stereocenters. The molecule has 1 amide bonds. The van der Waals surface area contributed by atoms with Gasteiger partial charge in [-0.2, -0.15) is 0 Å². The fourth-order valence-electron chi connectivity index (χ4n) is 2.53. The zero-order valence-corrected chi connectivity index (χ0v) is 13.3. The summed E-state index contributed by atoms with van der Waals surface area (Å²) in [5.74, 6) is -0.241. The molecule has 2 aromatic rings. The lowest BCUT2D eigenvalue weighted by Gasteiger charge is -2.17. The Morgan fingerprint density at radius 1 is 1.14 bits per heavy atom. The Kier molecular flexibility index (Phi) is 5.31. The highest BCUT2D eigenvalue weighted by Gasteiger charge is 2.12. The van der Waals surface area contributed by atoms with Gasteiger partial charge in [-0.25, -0.2) is 4.39 Å². The Bertz CT molecular complexity index is 649. The number of rotatable bonds is 5. The topological polar surface area (TPSA) is 29.1 Å². The minimum atomic E-state index is -0.253. The van der Waals surface area contributed by atoms with Crippen LogP contribution >= 0.6 is 0 Å². The van der Waals surface area contributed by atoms with E-state index in [0.29, 0.717) is 12.8 Å². The van der Waals surface area contributed by atoms with Gasteiger partial charge in [-0.3, -0.25) is 4.79 Å². The molecule has 0 bridgehead atoms. The molecule has 0 aliphatic heterocycles. The van der Waals surface area contributed by atoms with Gasteiger partial charge in [0, 0.05) is 6.42 Å². The maximum Gasteiger partial charge on any atom is 0.220 e. The smallest absolute Gasteiger partial charge is 0.220 e. The van der Waals surface area contributed by atoms with Gasteiger partial charge in [-0.15, -0.1) is 0 Å². The van der Waals surface area contributed by atoms with Gasteiger partial charge < -0.3 is 5.32 Å². The molecule has 0 saturated heterocycles. The number of nitrogens with one attached hydrogen (secondary N) is 1. The Labute approximate surface area is 131 Å². The standard InChI is InChI=1S/C19H22FNO/c1-13-4-5-14(2)18(12-13)15(3)21-19(22)11-8-16-6-9-17(20)10-7-16/h4-7,9-10,12,15H,8,11H2,1-3H3,(H,21,22)/t15-/m1/s1. The van der Waals surface area contributed by atoms with Crippen molar-refractivity contribution in [3.05, 3.63) is 70.5 Å². The molecule has 2 aromatic carbocycles. The number of aryl methyl sites for hydroxylation is 3. The van der Waals surface area contributed by atoms with Crippen LogP contribution in [0.25, 0.3) is 0 Å². The van der Waals surface area contributed by atoms with Gasteiger partial charge in [0.15, 0.2) is 0 Å². The Balaban J connectivity index is 1.91. The highest BCUT2D eigenvalue weighted by atomic mass is 19.1. The molecule has 0 heterocycles. The summed E-state index contributed by atoms with van der Waals surface area (Å²) in [5.41, 5.74) is 4.48. The van der Waals surface area contributed by atoms with Gasteiger partial charge in [0.1, 0.15) is 5.82 Å². The van der Waals surface area contributed by atoms with E-state index in [1.54, 1.807) is 12.1 Å². The van der Waals surface area contributed by atoms with E-state index in [4.69, 9.17) is 0 Å². The van der Waals surface area contributed by atoms with Crippen LogP contribution in [-0.2, 0) is 11.2 Å². The third kappa shape index (κ3) is 4.42. The SMILES string of the molecule is Cc1ccc(C)c([C@@H](C)NC(=O)CCc2ccc(F)cc2)c1. The van der Waals surface area contributed by atoms with E-state index in [0.717, 1.165) is 11.1 Å². The average Bonchev–Trinajstić information content (AvgIpc) is 2.49. The van der Waals surface area contributed by atoms with Gasteiger partial charge in [-0.05, 0) is 56.0 Å². The van der Waals surface area contributed by atoms with E-state index in [1.807, 2.05) is 13.8 Å². The molecule has 22 heavy (non-hydrogen) atoms. The number of halogens is 1. The molecule has 0 unspecified atom stereocenters. The molecule has 2 rings (SSSR count). The summed E-state index contributed by atoms with van der Waals surface area (Å²) < 4.78 is 12.8. The first-order valence-corrected chi connectivity index (χ1v) is 7.56. The van der Waals surface area contributed by atoms with E-state index < -0.39 is 0 Å². The van der Waals surface area contributed by atoms with E-state index in [2.05, 4.69) is 30.4 Å². The summed E-state index contributed by atoms with van der Waals surface area (Å²) in [5, 5.41) is 3.03. The molecule has 0 aliphatic carbocycles. The van der Waals surface area contributed by atoms with Gasteiger partial charge in [0.2, 0.25) is 5.91 Å². The molecule has 0 aliphatic rings. The largest absolute Gasteiger partial charge is 0.350 e. The maximum absolute atomic E-state index is 12.8. The van der Waals surface area contributed by atoms with Crippen LogP contribution in [0.4, 0.5) is 4.39 Å². The molecular weight excluding hydrogens is 277 g/mol. The second-order valence-electron chi connectivity index (χ2n) is 5.78. The van der Waals surface area contributed by atoms with Crippen molar-refractivity contribution in [1.29, 1.82) is 0 Å². The van der Waals surface area contributed by atoms with Gasteiger partial charge in [-0.1, -0.05) is 35.9 Å².